The van der Waals surface area contributed by atoms with Gasteiger partial charge in [0, 0.05) is 4.47 Å². The van der Waals surface area contributed by atoms with Gasteiger partial charge in [-0.05, 0) is 49.4 Å². The SMILES string of the molecule is Cc1ccc(Br)cc1CC1(C#N)CC1. The summed E-state index contributed by atoms with van der Waals surface area (Å²) in [5.74, 6) is 0. The maximum atomic E-state index is 9.02. The van der Waals surface area contributed by atoms with Gasteiger partial charge in [-0.1, -0.05) is 22.0 Å². The van der Waals surface area contributed by atoms with Crippen LogP contribution in [0.25, 0.3) is 0 Å². The van der Waals surface area contributed by atoms with Crippen molar-refractivity contribution in [2.24, 2.45) is 5.41 Å². The Morgan fingerprint density at radius 3 is 2.79 bits per heavy atom. The van der Waals surface area contributed by atoms with Crippen LogP contribution in [-0.2, 0) is 6.42 Å². The molecule has 0 atom stereocenters. The molecule has 1 aromatic rings. The molecule has 0 radical (unpaired) electrons. The summed E-state index contributed by atoms with van der Waals surface area (Å²) in [6.45, 7) is 2.11. The molecule has 0 amide bonds. The van der Waals surface area contributed by atoms with Gasteiger partial charge in [-0.3, -0.25) is 0 Å². The van der Waals surface area contributed by atoms with Gasteiger partial charge in [0.05, 0.1) is 11.5 Å². The van der Waals surface area contributed by atoms with Gasteiger partial charge < -0.3 is 0 Å². The van der Waals surface area contributed by atoms with Crippen LogP contribution >= 0.6 is 15.9 Å². The minimum atomic E-state index is -0.0362. The molecule has 0 N–H and O–H groups in total. The summed E-state index contributed by atoms with van der Waals surface area (Å²) >= 11 is 3.46. The average Bonchev–Trinajstić information content (AvgIpc) is 2.92. The summed E-state index contributed by atoms with van der Waals surface area (Å²) in [7, 11) is 0. The van der Waals surface area contributed by atoms with Crippen molar-refractivity contribution in [2.75, 3.05) is 0 Å². The third-order valence-corrected chi connectivity index (χ3v) is 3.42. The Labute approximate surface area is 92.9 Å². The molecule has 1 aliphatic rings. The Bertz CT molecular complexity index is 399. The summed E-state index contributed by atoms with van der Waals surface area (Å²) in [6, 6.07) is 8.71. The fourth-order valence-electron chi connectivity index (χ4n) is 1.67. The van der Waals surface area contributed by atoms with Crippen LogP contribution in [0.2, 0.25) is 0 Å². The number of rotatable bonds is 2. The number of nitrogens with zero attached hydrogens (tertiary/aromatic N) is 1. The van der Waals surface area contributed by atoms with E-state index in [1.807, 2.05) is 6.07 Å². The van der Waals surface area contributed by atoms with Crippen LogP contribution < -0.4 is 0 Å². The molecule has 72 valence electrons. The van der Waals surface area contributed by atoms with E-state index < -0.39 is 0 Å². The second kappa shape index (κ2) is 3.40. The van der Waals surface area contributed by atoms with Gasteiger partial charge >= 0.3 is 0 Å². The molecule has 0 heterocycles. The normalized spacial score (nSPS) is 17.5. The van der Waals surface area contributed by atoms with E-state index in [0.29, 0.717) is 0 Å². The summed E-state index contributed by atoms with van der Waals surface area (Å²) in [6.07, 6.45) is 3.04. The van der Waals surface area contributed by atoms with Crippen LogP contribution in [0.5, 0.6) is 0 Å². The molecule has 2 heteroatoms. The van der Waals surface area contributed by atoms with Gasteiger partial charge in [-0.25, -0.2) is 0 Å². The minimum Gasteiger partial charge on any atom is -0.198 e. The highest BCUT2D eigenvalue weighted by molar-refractivity contribution is 9.10. The van der Waals surface area contributed by atoms with Gasteiger partial charge in [0.15, 0.2) is 0 Å². The monoisotopic (exact) mass is 249 g/mol. The molecule has 0 aromatic heterocycles. The Morgan fingerprint density at radius 2 is 2.21 bits per heavy atom. The van der Waals surface area contributed by atoms with Gasteiger partial charge in [0.2, 0.25) is 0 Å². The Morgan fingerprint density at radius 1 is 1.50 bits per heavy atom. The Kier molecular flexibility index (Phi) is 2.36. The smallest absolute Gasteiger partial charge is 0.0693 e. The van der Waals surface area contributed by atoms with Crippen molar-refractivity contribution < 1.29 is 0 Å². The molecular weight excluding hydrogens is 238 g/mol. The van der Waals surface area contributed by atoms with Crippen LogP contribution in [-0.4, -0.2) is 0 Å². The molecule has 14 heavy (non-hydrogen) atoms. The van der Waals surface area contributed by atoms with Crippen molar-refractivity contribution in [2.45, 2.75) is 26.2 Å². The number of benzene rings is 1. The second-order valence-corrected chi connectivity index (χ2v) is 5.06. The number of hydrogen-bond donors (Lipinski definition) is 0. The standard InChI is InChI=1S/C12H12BrN/c1-9-2-3-11(13)6-10(9)7-12(8-14)4-5-12/h2-3,6H,4-5,7H2,1H3. The lowest BCUT2D eigenvalue weighted by Gasteiger charge is -2.09. The first-order valence-electron chi connectivity index (χ1n) is 4.81. The van der Waals surface area contributed by atoms with E-state index in [1.165, 1.54) is 11.1 Å². The number of aryl methyl sites for hydroxylation is 1. The van der Waals surface area contributed by atoms with E-state index >= 15 is 0 Å². The highest BCUT2D eigenvalue weighted by Gasteiger charge is 2.43. The van der Waals surface area contributed by atoms with Crippen LogP contribution in [0.4, 0.5) is 0 Å². The molecule has 1 fully saturated rings. The van der Waals surface area contributed by atoms with Crippen molar-refractivity contribution >= 4 is 15.9 Å². The van der Waals surface area contributed by atoms with Crippen molar-refractivity contribution in [3.8, 4) is 6.07 Å². The van der Waals surface area contributed by atoms with E-state index in [4.69, 9.17) is 5.26 Å². The van der Waals surface area contributed by atoms with Gasteiger partial charge in [-0.15, -0.1) is 0 Å². The summed E-state index contributed by atoms with van der Waals surface area (Å²) in [5, 5.41) is 9.02. The molecule has 1 aromatic carbocycles. The van der Waals surface area contributed by atoms with Crippen LogP contribution in [0.3, 0.4) is 0 Å². The van der Waals surface area contributed by atoms with Crippen LogP contribution in [0.1, 0.15) is 24.0 Å². The fourth-order valence-corrected chi connectivity index (χ4v) is 2.08. The third kappa shape index (κ3) is 1.83. The number of hydrogen-bond acceptors (Lipinski definition) is 1. The lowest BCUT2D eigenvalue weighted by atomic mass is 9.95. The van der Waals surface area contributed by atoms with Crippen molar-refractivity contribution in [1.82, 2.24) is 0 Å². The first kappa shape index (κ1) is 9.73. The molecule has 0 bridgehead atoms. The predicted molar refractivity (Wildman–Crippen MR) is 59.9 cm³/mol. The fraction of sp³-hybridized carbons (Fsp3) is 0.417. The van der Waals surface area contributed by atoms with Crippen molar-refractivity contribution in [1.29, 1.82) is 5.26 Å². The Balaban J connectivity index is 2.25. The number of halogens is 1. The van der Waals surface area contributed by atoms with Crippen molar-refractivity contribution in [3.05, 3.63) is 33.8 Å². The first-order chi connectivity index (χ1) is 6.65. The lowest BCUT2D eigenvalue weighted by molar-refractivity contribution is 0.662. The molecule has 0 spiro atoms. The Hall–Kier alpha value is -0.810. The zero-order chi connectivity index (χ0) is 10.2. The van der Waals surface area contributed by atoms with Crippen molar-refractivity contribution in [3.63, 3.8) is 0 Å². The highest BCUT2D eigenvalue weighted by Crippen LogP contribution is 2.48. The minimum absolute atomic E-state index is 0.0362. The topological polar surface area (TPSA) is 23.8 Å². The predicted octanol–water partition coefficient (Wildman–Crippen LogP) is 3.60. The molecule has 1 aliphatic carbocycles. The van der Waals surface area contributed by atoms with E-state index in [9.17, 15) is 0 Å². The first-order valence-corrected chi connectivity index (χ1v) is 5.61. The van der Waals surface area contributed by atoms with Gasteiger partial charge in [0.1, 0.15) is 0 Å². The molecule has 0 aliphatic heterocycles. The largest absolute Gasteiger partial charge is 0.198 e. The summed E-state index contributed by atoms with van der Waals surface area (Å²) in [5.41, 5.74) is 2.55. The highest BCUT2D eigenvalue weighted by atomic mass is 79.9. The zero-order valence-electron chi connectivity index (χ0n) is 8.18. The maximum absolute atomic E-state index is 9.02. The zero-order valence-corrected chi connectivity index (χ0v) is 9.76. The molecule has 0 saturated heterocycles. The summed E-state index contributed by atoms with van der Waals surface area (Å²) in [4.78, 5) is 0. The average molecular weight is 250 g/mol. The van der Waals surface area contributed by atoms with Crippen LogP contribution in [0, 0.1) is 23.7 Å². The summed E-state index contributed by atoms with van der Waals surface area (Å²) < 4.78 is 1.10. The molecule has 1 nitrogen and oxygen atoms in total. The van der Waals surface area contributed by atoms with E-state index in [2.05, 4.69) is 41.1 Å². The molecule has 0 unspecified atom stereocenters. The van der Waals surface area contributed by atoms with E-state index in [-0.39, 0.29) is 5.41 Å². The third-order valence-electron chi connectivity index (χ3n) is 2.93. The van der Waals surface area contributed by atoms with Gasteiger partial charge in [-0.2, -0.15) is 5.26 Å². The lowest BCUT2D eigenvalue weighted by Crippen LogP contribution is -2.03. The quantitative estimate of drug-likeness (QED) is 0.786. The maximum Gasteiger partial charge on any atom is 0.0693 e. The molecular formula is C12H12BrN. The van der Waals surface area contributed by atoms with Crippen LogP contribution in [0.15, 0.2) is 22.7 Å². The number of nitriles is 1. The molecule has 2 rings (SSSR count). The molecule has 1 saturated carbocycles. The van der Waals surface area contributed by atoms with E-state index in [0.717, 1.165) is 23.7 Å². The second-order valence-electron chi connectivity index (χ2n) is 4.14. The van der Waals surface area contributed by atoms with Gasteiger partial charge in [0.25, 0.3) is 0 Å². The van der Waals surface area contributed by atoms with E-state index in [1.54, 1.807) is 0 Å².